The molecule has 0 bridgehead atoms. The molecule has 0 spiro atoms. The van der Waals surface area contributed by atoms with Gasteiger partial charge in [0.25, 0.3) is 5.56 Å². The van der Waals surface area contributed by atoms with Gasteiger partial charge in [-0.1, -0.05) is 24.4 Å². The van der Waals surface area contributed by atoms with Crippen molar-refractivity contribution in [1.82, 2.24) is 14.9 Å². The quantitative estimate of drug-likeness (QED) is 0.686. The highest BCUT2D eigenvalue weighted by atomic mass is 16.3. The van der Waals surface area contributed by atoms with Crippen LogP contribution in [0.5, 0.6) is 0 Å². The Kier molecular flexibility index (Phi) is 3.90. The normalized spacial score (nSPS) is 18.7. The molecule has 1 aromatic carbocycles. The molecule has 0 saturated carbocycles. The molecule has 7 heteroatoms. The second-order valence-electron chi connectivity index (χ2n) is 6.55. The van der Waals surface area contributed by atoms with Gasteiger partial charge >= 0.3 is 0 Å². The molecule has 3 heterocycles. The number of rotatable bonds is 4. The summed E-state index contributed by atoms with van der Waals surface area (Å²) in [4.78, 5) is 22.1. The number of fused-ring (bicyclic) bond motifs is 3. The minimum Gasteiger partial charge on any atom is -0.449 e. The molecule has 0 amide bonds. The lowest BCUT2D eigenvalue weighted by atomic mass is 9.73. The van der Waals surface area contributed by atoms with Crippen molar-refractivity contribution in [2.75, 3.05) is 19.7 Å². The summed E-state index contributed by atoms with van der Waals surface area (Å²) in [6.07, 6.45) is 0.984. The van der Waals surface area contributed by atoms with Crippen molar-refractivity contribution in [2.45, 2.75) is 19.8 Å². The first-order valence-corrected chi connectivity index (χ1v) is 8.45. The summed E-state index contributed by atoms with van der Waals surface area (Å²) in [6.45, 7) is 4.65. The van der Waals surface area contributed by atoms with Crippen LogP contribution in [0.3, 0.4) is 0 Å². The number of aliphatic hydroxyl groups excluding tert-OH is 1. The highest BCUT2D eigenvalue weighted by Crippen LogP contribution is 2.24. The average molecular weight is 325 g/mol. The lowest BCUT2D eigenvalue weighted by molar-refractivity contribution is 0.219. The summed E-state index contributed by atoms with van der Waals surface area (Å²) in [5.74, 6) is 0.970. The molecule has 1 fully saturated rings. The van der Waals surface area contributed by atoms with Crippen LogP contribution < -0.4 is 11.0 Å². The lowest BCUT2D eigenvalue weighted by Gasteiger charge is -2.14. The third-order valence-corrected chi connectivity index (χ3v) is 4.85. The number of aromatic nitrogens is 2. The molecule has 2 N–H and O–H groups in total. The average Bonchev–Trinajstić information content (AvgIpc) is 3.19. The van der Waals surface area contributed by atoms with Crippen molar-refractivity contribution in [2.24, 2.45) is 5.92 Å². The summed E-state index contributed by atoms with van der Waals surface area (Å²) in [6, 6.07) is 5.97. The predicted octanol–water partition coefficient (Wildman–Crippen LogP) is 0.593. The molecule has 1 aliphatic rings. The Labute approximate surface area is 139 Å². The molecule has 4 rings (SSSR count). The first kappa shape index (κ1) is 15.4. The Morgan fingerprint density at radius 2 is 2.38 bits per heavy atom. The molecule has 0 radical (unpaired) electrons. The van der Waals surface area contributed by atoms with Crippen molar-refractivity contribution < 1.29 is 9.52 Å². The van der Waals surface area contributed by atoms with Gasteiger partial charge in [0.1, 0.15) is 16.9 Å². The predicted molar refractivity (Wildman–Crippen MR) is 95.3 cm³/mol. The number of hydrogen-bond donors (Lipinski definition) is 2. The Morgan fingerprint density at radius 1 is 1.50 bits per heavy atom. The Balaban J connectivity index is 1.75. The highest BCUT2D eigenvalue weighted by molar-refractivity contribution is 6.52. The summed E-state index contributed by atoms with van der Waals surface area (Å²) in [7, 11) is 0.926. The molecular weight excluding hydrogens is 305 g/mol. The van der Waals surface area contributed by atoms with Crippen LogP contribution >= 0.6 is 0 Å². The second kappa shape index (κ2) is 6.07. The molecule has 124 valence electrons. The lowest BCUT2D eigenvalue weighted by Crippen LogP contribution is -2.24. The van der Waals surface area contributed by atoms with Gasteiger partial charge in [0.2, 0.25) is 5.58 Å². The fourth-order valence-corrected chi connectivity index (χ4v) is 3.46. The van der Waals surface area contributed by atoms with Crippen molar-refractivity contribution in [1.29, 1.82) is 0 Å². The third-order valence-electron chi connectivity index (χ3n) is 4.85. The van der Waals surface area contributed by atoms with E-state index in [1.807, 2.05) is 12.1 Å². The van der Waals surface area contributed by atoms with E-state index in [2.05, 4.69) is 27.8 Å². The molecule has 24 heavy (non-hydrogen) atoms. The van der Waals surface area contributed by atoms with Crippen molar-refractivity contribution in [3.63, 3.8) is 0 Å². The Hall–Kier alpha value is -2.12. The van der Waals surface area contributed by atoms with Gasteiger partial charge in [0.05, 0.1) is 6.54 Å². The fourth-order valence-electron chi connectivity index (χ4n) is 3.46. The number of furan rings is 1. The van der Waals surface area contributed by atoms with Gasteiger partial charge < -0.3 is 14.5 Å². The minimum absolute atomic E-state index is 0.214. The number of likely N-dealkylation sites (tertiary alicyclic amines) is 1. The SMILES string of the molecule is CBc1ccc2oc3c(=O)[nH]c(CN4CC[C@H](CO)C4)nc3c2c1. The molecule has 0 unspecified atom stereocenters. The van der Waals surface area contributed by atoms with Crippen LogP contribution in [0.4, 0.5) is 0 Å². The van der Waals surface area contributed by atoms with E-state index in [0.717, 1.165) is 32.2 Å². The molecule has 1 saturated heterocycles. The molecule has 3 aromatic rings. The zero-order chi connectivity index (χ0) is 16.7. The van der Waals surface area contributed by atoms with E-state index in [1.165, 1.54) is 5.46 Å². The summed E-state index contributed by atoms with van der Waals surface area (Å²) < 4.78 is 5.69. The van der Waals surface area contributed by atoms with Crippen LogP contribution in [0.2, 0.25) is 6.82 Å². The van der Waals surface area contributed by atoms with Crippen molar-refractivity contribution in [3.8, 4) is 0 Å². The standard InChI is InChI=1S/C17H20BN3O3/c1-18-11-2-3-13-12(6-11)15-16(24-13)17(23)20-14(19-15)8-21-5-4-10(7-21)9-22/h2-3,6,10,18,22H,4-5,7-9H2,1H3,(H,19,20,23)/t10-/m0/s1. The number of aromatic amines is 1. The van der Waals surface area contributed by atoms with Crippen LogP contribution in [-0.2, 0) is 6.54 Å². The van der Waals surface area contributed by atoms with Crippen molar-refractivity contribution >= 4 is 34.8 Å². The number of aliphatic hydroxyl groups is 1. The van der Waals surface area contributed by atoms with Crippen LogP contribution in [0.15, 0.2) is 27.4 Å². The van der Waals surface area contributed by atoms with Crippen LogP contribution in [0.25, 0.3) is 22.1 Å². The van der Waals surface area contributed by atoms with E-state index in [-0.39, 0.29) is 17.7 Å². The number of hydrogen-bond acceptors (Lipinski definition) is 5. The van der Waals surface area contributed by atoms with Crippen LogP contribution in [0.1, 0.15) is 12.2 Å². The van der Waals surface area contributed by atoms with Gasteiger partial charge in [0, 0.05) is 18.5 Å². The number of H-pyrrole nitrogens is 1. The summed E-state index contributed by atoms with van der Waals surface area (Å²) in [5.41, 5.74) is 2.58. The van der Waals surface area contributed by atoms with Gasteiger partial charge in [-0.2, -0.15) is 0 Å². The number of benzene rings is 1. The smallest absolute Gasteiger partial charge is 0.294 e. The largest absolute Gasteiger partial charge is 0.449 e. The van der Waals surface area contributed by atoms with Crippen LogP contribution in [-0.4, -0.2) is 47.0 Å². The van der Waals surface area contributed by atoms with E-state index in [9.17, 15) is 9.90 Å². The van der Waals surface area contributed by atoms with Crippen molar-refractivity contribution in [3.05, 3.63) is 34.4 Å². The molecule has 1 aliphatic heterocycles. The van der Waals surface area contributed by atoms with E-state index in [1.54, 1.807) is 0 Å². The van der Waals surface area contributed by atoms with Gasteiger partial charge in [-0.3, -0.25) is 9.69 Å². The Morgan fingerprint density at radius 3 is 3.12 bits per heavy atom. The first-order chi connectivity index (χ1) is 11.7. The Bertz CT molecular complexity index is 949. The molecule has 1 atom stereocenters. The maximum Gasteiger partial charge on any atom is 0.294 e. The summed E-state index contributed by atoms with van der Waals surface area (Å²) >= 11 is 0. The fraction of sp³-hybridized carbons (Fsp3) is 0.412. The van der Waals surface area contributed by atoms with Gasteiger partial charge in [-0.25, -0.2) is 4.98 Å². The zero-order valence-electron chi connectivity index (χ0n) is 13.7. The summed E-state index contributed by atoms with van der Waals surface area (Å²) in [5, 5.41) is 10.2. The number of nitrogens with zero attached hydrogens (tertiary/aromatic N) is 2. The van der Waals surface area contributed by atoms with Gasteiger partial charge in [-0.15, -0.1) is 0 Å². The third kappa shape index (κ3) is 2.63. The first-order valence-electron chi connectivity index (χ1n) is 8.45. The van der Waals surface area contributed by atoms with Crippen LogP contribution in [0, 0.1) is 5.92 Å². The van der Waals surface area contributed by atoms with E-state index in [0.29, 0.717) is 29.4 Å². The molecule has 6 nitrogen and oxygen atoms in total. The number of nitrogens with one attached hydrogen (secondary N) is 1. The minimum atomic E-state index is -0.234. The second-order valence-corrected chi connectivity index (χ2v) is 6.55. The maximum atomic E-state index is 12.4. The molecule has 2 aromatic heterocycles. The van der Waals surface area contributed by atoms with E-state index >= 15 is 0 Å². The van der Waals surface area contributed by atoms with Gasteiger partial charge in [0.15, 0.2) is 7.28 Å². The van der Waals surface area contributed by atoms with E-state index < -0.39 is 0 Å². The molecular formula is C17H20BN3O3. The highest BCUT2D eigenvalue weighted by Gasteiger charge is 2.23. The maximum absolute atomic E-state index is 12.4. The molecule has 0 aliphatic carbocycles. The monoisotopic (exact) mass is 325 g/mol. The van der Waals surface area contributed by atoms with E-state index in [4.69, 9.17) is 4.42 Å². The van der Waals surface area contributed by atoms with Gasteiger partial charge in [-0.05, 0) is 24.9 Å². The topological polar surface area (TPSA) is 82.4 Å². The zero-order valence-corrected chi connectivity index (χ0v) is 13.7.